The maximum atomic E-state index is 12.9. The molecule has 4 nitrogen and oxygen atoms in total. The van der Waals surface area contributed by atoms with Crippen LogP contribution in [0.5, 0.6) is 0 Å². The third kappa shape index (κ3) is 5.59. The number of nitrogens with zero attached hydrogens (tertiary/aromatic N) is 1. The lowest BCUT2D eigenvalue weighted by Gasteiger charge is -2.33. The molecule has 1 rings (SSSR count). The van der Waals surface area contributed by atoms with Crippen LogP contribution in [0.2, 0.25) is 0 Å². The van der Waals surface area contributed by atoms with Gasteiger partial charge in [0.1, 0.15) is 0 Å². The molecular weight excluding hydrogens is 342 g/mol. The first kappa shape index (κ1) is 21.2. The minimum atomic E-state index is -4.38. The van der Waals surface area contributed by atoms with Gasteiger partial charge in [-0.1, -0.05) is 25.1 Å². The predicted molar refractivity (Wildman–Crippen MR) is 87.8 cm³/mol. The number of rotatable bonds is 9. The maximum absolute atomic E-state index is 12.9. The van der Waals surface area contributed by atoms with Crippen molar-refractivity contribution in [2.45, 2.75) is 46.3 Å². The molecule has 8 heteroatoms. The molecule has 0 heterocycles. The van der Waals surface area contributed by atoms with Crippen LogP contribution in [-0.4, -0.2) is 30.5 Å². The lowest BCUT2D eigenvalue weighted by atomic mass is 10.0. The summed E-state index contributed by atoms with van der Waals surface area (Å²) in [5.41, 5.74) is -0.164. The summed E-state index contributed by atoms with van der Waals surface area (Å²) < 4.78 is 63.6. The fraction of sp³-hybridized carbons (Fsp3) is 0.625. The fourth-order valence-electron chi connectivity index (χ4n) is 2.56. The van der Waals surface area contributed by atoms with E-state index in [0.29, 0.717) is 18.5 Å². The number of hydrogen-bond acceptors (Lipinski definition) is 3. The molecule has 0 fully saturated rings. The van der Waals surface area contributed by atoms with Crippen LogP contribution in [0.3, 0.4) is 0 Å². The quantitative estimate of drug-likeness (QED) is 0.567. The van der Waals surface area contributed by atoms with Gasteiger partial charge in [-0.2, -0.15) is 13.2 Å². The molecule has 0 saturated carbocycles. The molecule has 1 unspecified atom stereocenters. The second kappa shape index (κ2) is 8.99. The van der Waals surface area contributed by atoms with Crippen molar-refractivity contribution in [1.82, 2.24) is 4.67 Å². The molecule has 0 aliphatic rings. The van der Waals surface area contributed by atoms with Gasteiger partial charge in [-0.3, -0.25) is 9.05 Å². The highest BCUT2D eigenvalue weighted by atomic mass is 31.2. The molecule has 138 valence electrons. The van der Waals surface area contributed by atoms with Gasteiger partial charge in [0.05, 0.1) is 18.8 Å². The normalized spacial score (nSPS) is 14.2. The van der Waals surface area contributed by atoms with Crippen molar-refractivity contribution in [2.24, 2.45) is 0 Å². The van der Waals surface area contributed by atoms with Crippen molar-refractivity contribution in [3.8, 4) is 0 Å². The SMILES string of the molecule is CCOP(=O)(OCC)N(CC)C(C)Cc1cccc(C(F)(F)F)c1. The van der Waals surface area contributed by atoms with Gasteiger partial charge in [0.2, 0.25) is 0 Å². The Bertz CT molecular complexity index is 556. The standard InChI is InChI=1S/C16H25F3NO3P/c1-5-20(24(21,22-6-2)23-7-3)13(4)11-14-9-8-10-15(12-14)16(17,18)19/h8-10,12-13H,5-7,11H2,1-4H3. The van der Waals surface area contributed by atoms with Crippen molar-refractivity contribution >= 4 is 7.75 Å². The van der Waals surface area contributed by atoms with Gasteiger partial charge in [0, 0.05) is 12.6 Å². The molecule has 0 aliphatic carbocycles. The van der Waals surface area contributed by atoms with E-state index in [2.05, 4.69) is 0 Å². The van der Waals surface area contributed by atoms with E-state index in [9.17, 15) is 17.7 Å². The summed E-state index contributed by atoms with van der Waals surface area (Å²) >= 11 is 0. The largest absolute Gasteiger partial charge is 0.416 e. The van der Waals surface area contributed by atoms with Crippen LogP contribution in [0.1, 0.15) is 38.8 Å². The van der Waals surface area contributed by atoms with Crippen molar-refractivity contribution < 1.29 is 26.8 Å². The van der Waals surface area contributed by atoms with Gasteiger partial charge in [0.25, 0.3) is 0 Å². The molecule has 1 aromatic carbocycles. The van der Waals surface area contributed by atoms with E-state index in [1.54, 1.807) is 31.5 Å². The number of halogens is 3. The molecule has 1 atom stereocenters. The molecule has 0 aliphatic heterocycles. The van der Waals surface area contributed by atoms with Crippen LogP contribution in [0.4, 0.5) is 13.2 Å². The lowest BCUT2D eigenvalue weighted by Crippen LogP contribution is -2.33. The van der Waals surface area contributed by atoms with Crippen molar-refractivity contribution in [2.75, 3.05) is 19.8 Å². The van der Waals surface area contributed by atoms with Crippen LogP contribution >= 0.6 is 7.75 Å². The summed E-state index contributed by atoms with van der Waals surface area (Å²) in [6, 6.07) is 4.87. The predicted octanol–water partition coefficient (Wildman–Crippen LogP) is 5.14. The third-order valence-corrected chi connectivity index (χ3v) is 5.99. The molecule has 0 saturated heterocycles. The first-order valence-corrected chi connectivity index (χ1v) is 9.49. The Kier molecular flexibility index (Phi) is 7.93. The molecule has 1 aromatic rings. The van der Waals surface area contributed by atoms with Crippen LogP contribution in [0.15, 0.2) is 24.3 Å². The second-order valence-electron chi connectivity index (χ2n) is 5.31. The Labute approximate surface area is 141 Å². The maximum Gasteiger partial charge on any atom is 0.416 e. The number of benzene rings is 1. The summed E-state index contributed by atoms with van der Waals surface area (Å²) in [5, 5.41) is 0. The summed E-state index contributed by atoms with van der Waals surface area (Å²) in [4.78, 5) is 0. The highest BCUT2D eigenvalue weighted by Crippen LogP contribution is 2.53. The highest BCUT2D eigenvalue weighted by Gasteiger charge is 2.36. The third-order valence-electron chi connectivity index (χ3n) is 3.52. The molecular formula is C16H25F3NO3P. The zero-order valence-electron chi connectivity index (χ0n) is 14.5. The van der Waals surface area contributed by atoms with E-state index in [1.165, 1.54) is 6.07 Å². The second-order valence-corrected chi connectivity index (χ2v) is 7.28. The lowest BCUT2D eigenvalue weighted by molar-refractivity contribution is -0.137. The van der Waals surface area contributed by atoms with E-state index in [-0.39, 0.29) is 19.3 Å². The average Bonchev–Trinajstić information content (AvgIpc) is 2.47. The van der Waals surface area contributed by atoms with E-state index in [4.69, 9.17) is 9.05 Å². The minimum absolute atomic E-state index is 0.226. The number of alkyl halides is 3. The summed E-state index contributed by atoms with van der Waals surface area (Å²) in [6.07, 6.45) is -4.07. The first-order chi connectivity index (χ1) is 11.2. The minimum Gasteiger partial charge on any atom is -0.297 e. The average molecular weight is 367 g/mol. The molecule has 0 spiro atoms. The van der Waals surface area contributed by atoms with Gasteiger partial charge in [-0.05, 0) is 38.8 Å². The van der Waals surface area contributed by atoms with Gasteiger partial charge in [0.15, 0.2) is 0 Å². The van der Waals surface area contributed by atoms with Crippen LogP contribution < -0.4 is 0 Å². The van der Waals surface area contributed by atoms with Crippen molar-refractivity contribution in [3.63, 3.8) is 0 Å². The number of likely N-dealkylation sites (N-methyl/N-ethyl adjacent to an activating group) is 1. The number of hydrogen-bond donors (Lipinski definition) is 0. The Morgan fingerprint density at radius 2 is 1.75 bits per heavy atom. The molecule has 0 radical (unpaired) electrons. The zero-order valence-corrected chi connectivity index (χ0v) is 15.4. The van der Waals surface area contributed by atoms with Gasteiger partial charge >= 0.3 is 13.9 Å². The van der Waals surface area contributed by atoms with Crippen LogP contribution in [0.25, 0.3) is 0 Å². The summed E-state index contributed by atoms with van der Waals surface area (Å²) in [5.74, 6) is 0. The summed E-state index contributed by atoms with van der Waals surface area (Å²) in [6.45, 7) is 7.90. The van der Waals surface area contributed by atoms with Crippen molar-refractivity contribution in [3.05, 3.63) is 35.4 Å². The molecule has 24 heavy (non-hydrogen) atoms. The van der Waals surface area contributed by atoms with Crippen LogP contribution in [0, 0.1) is 0 Å². The summed E-state index contributed by atoms with van der Waals surface area (Å²) in [7, 11) is -3.46. The highest BCUT2D eigenvalue weighted by molar-refractivity contribution is 7.51. The fourth-order valence-corrected chi connectivity index (χ4v) is 4.49. The Hall–Kier alpha value is -0.880. The molecule has 0 bridgehead atoms. The van der Waals surface area contributed by atoms with E-state index in [0.717, 1.165) is 12.1 Å². The van der Waals surface area contributed by atoms with E-state index < -0.39 is 19.5 Å². The molecule has 0 N–H and O–H groups in total. The van der Waals surface area contributed by atoms with E-state index >= 15 is 0 Å². The Balaban J connectivity index is 2.98. The van der Waals surface area contributed by atoms with Gasteiger partial charge in [-0.15, -0.1) is 0 Å². The Morgan fingerprint density at radius 1 is 1.17 bits per heavy atom. The van der Waals surface area contributed by atoms with Gasteiger partial charge < -0.3 is 0 Å². The zero-order chi connectivity index (χ0) is 18.4. The molecule has 0 amide bonds. The monoisotopic (exact) mass is 367 g/mol. The molecule has 0 aromatic heterocycles. The van der Waals surface area contributed by atoms with Gasteiger partial charge in [-0.25, -0.2) is 9.24 Å². The Morgan fingerprint density at radius 3 is 2.21 bits per heavy atom. The first-order valence-electron chi connectivity index (χ1n) is 8.00. The smallest absolute Gasteiger partial charge is 0.297 e. The van der Waals surface area contributed by atoms with E-state index in [1.807, 2.05) is 6.92 Å². The van der Waals surface area contributed by atoms with Crippen molar-refractivity contribution in [1.29, 1.82) is 0 Å². The van der Waals surface area contributed by atoms with Crippen LogP contribution in [-0.2, 0) is 26.2 Å². The topological polar surface area (TPSA) is 38.8 Å².